The Morgan fingerprint density at radius 1 is 1.54 bits per heavy atom. The predicted molar refractivity (Wildman–Crippen MR) is 54.2 cm³/mol. The fourth-order valence-electron chi connectivity index (χ4n) is 1.03. The van der Waals surface area contributed by atoms with E-state index in [2.05, 4.69) is 17.2 Å². The Hall–Kier alpha value is -0.930. The molecule has 0 amide bonds. The highest BCUT2D eigenvalue weighted by molar-refractivity contribution is 5.02. The minimum Gasteiger partial charge on any atom is -0.330 e. The smallest absolute Gasteiger partial charge is 0.0541 e. The molecule has 0 fully saturated rings. The van der Waals surface area contributed by atoms with Crippen LogP contribution in [0.5, 0.6) is 0 Å². The lowest BCUT2D eigenvalue weighted by molar-refractivity contribution is 0.519. The summed E-state index contributed by atoms with van der Waals surface area (Å²) in [6, 6.07) is 5.93. The Labute approximate surface area is 79.4 Å². The molecule has 3 N–H and O–H groups in total. The molecule has 0 radical (unpaired) electrons. The second-order valence-electron chi connectivity index (χ2n) is 3.29. The lowest BCUT2D eigenvalue weighted by atomic mass is 10.2. The number of pyridine rings is 1. The monoisotopic (exact) mass is 179 g/mol. The summed E-state index contributed by atoms with van der Waals surface area (Å²) in [5.74, 6) is 0.531. The van der Waals surface area contributed by atoms with E-state index in [-0.39, 0.29) is 0 Å². The first-order valence-electron chi connectivity index (χ1n) is 4.63. The molecule has 0 saturated heterocycles. The van der Waals surface area contributed by atoms with E-state index in [1.165, 1.54) is 0 Å². The molecular formula is C10H17N3. The molecule has 1 atom stereocenters. The van der Waals surface area contributed by atoms with Crippen LogP contribution in [0.3, 0.4) is 0 Å². The van der Waals surface area contributed by atoms with Gasteiger partial charge in [0.2, 0.25) is 0 Å². The number of hydrogen-bond donors (Lipinski definition) is 2. The van der Waals surface area contributed by atoms with Gasteiger partial charge in [-0.25, -0.2) is 0 Å². The molecule has 3 heteroatoms. The van der Waals surface area contributed by atoms with Crippen LogP contribution in [-0.4, -0.2) is 18.1 Å². The summed E-state index contributed by atoms with van der Waals surface area (Å²) in [7, 11) is 0. The molecule has 0 bridgehead atoms. The second kappa shape index (κ2) is 5.67. The lowest BCUT2D eigenvalue weighted by Crippen LogP contribution is -2.26. The Morgan fingerprint density at radius 2 is 2.38 bits per heavy atom. The molecule has 1 aromatic rings. The third-order valence-corrected chi connectivity index (χ3v) is 1.93. The first-order valence-corrected chi connectivity index (χ1v) is 4.63. The van der Waals surface area contributed by atoms with Gasteiger partial charge in [0.05, 0.1) is 5.69 Å². The molecule has 0 aromatic carbocycles. The van der Waals surface area contributed by atoms with Crippen LogP contribution in [0.25, 0.3) is 0 Å². The van der Waals surface area contributed by atoms with Gasteiger partial charge < -0.3 is 11.1 Å². The maximum absolute atomic E-state index is 5.50. The van der Waals surface area contributed by atoms with E-state index in [4.69, 9.17) is 5.73 Å². The van der Waals surface area contributed by atoms with Gasteiger partial charge in [-0.1, -0.05) is 13.0 Å². The van der Waals surface area contributed by atoms with Crippen molar-refractivity contribution in [3.8, 4) is 0 Å². The third kappa shape index (κ3) is 4.01. The van der Waals surface area contributed by atoms with Crippen LogP contribution in [0, 0.1) is 5.92 Å². The molecule has 1 heterocycles. The zero-order chi connectivity index (χ0) is 9.52. The molecule has 3 nitrogen and oxygen atoms in total. The molecule has 0 aliphatic heterocycles. The molecule has 0 spiro atoms. The van der Waals surface area contributed by atoms with E-state index in [0.717, 1.165) is 25.3 Å². The SMILES string of the molecule is CC(CN)CNCc1ccccn1. The van der Waals surface area contributed by atoms with Gasteiger partial charge >= 0.3 is 0 Å². The van der Waals surface area contributed by atoms with Crippen LogP contribution in [0.2, 0.25) is 0 Å². The van der Waals surface area contributed by atoms with Crippen molar-refractivity contribution < 1.29 is 0 Å². The molecule has 1 aromatic heterocycles. The van der Waals surface area contributed by atoms with Gasteiger partial charge in [0.1, 0.15) is 0 Å². The Kier molecular flexibility index (Phi) is 4.43. The Balaban J connectivity index is 2.20. The van der Waals surface area contributed by atoms with E-state index < -0.39 is 0 Å². The highest BCUT2D eigenvalue weighted by atomic mass is 14.9. The van der Waals surface area contributed by atoms with Crippen molar-refractivity contribution in [3.63, 3.8) is 0 Å². The molecule has 0 aliphatic carbocycles. The van der Waals surface area contributed by atoms with E-state index in [1.807, 2.05) is 24.4 Å². The third-order valence-electron chi connectivity index (χ3n) is 1.93. The van der Waals surface area contributed by atoms with Crippen molar-refractivity contribution in [2.45, 2.75) is 13.5 Å². The summed E-state index contributed by atoms with van der Waals surface area (Å²) < 4.78 is 0. The molecule has 0 saturated carbocycles. The summed E-state index contributed by atoms with van der Waals surface area (Å²) in [5.41, 5.74) is 6.57. The minimum absolute atomic E-state index is 0.531. The molecular weight excluding hydrogens is 162 g/mol. The predicted octanol–water partition coefficient (Wildman–Crippen LogP) is 0.766. The molecule has 13 heavy (non-hydrogen) atoms. The summed E-state index contributed by atoms with van der Waals surface area (Å²) in [4.78, 5) is 4.21. The largest absolute Gasteiger partial charge is 0.330 e. The average Bonchev–Trinajstić information content (AvgIpc) is 2.19. The first kappa shape index (κ1) is 10.2. The van der Waals surface area contributed by atoms with E-state index in [1.54, 1.807) is 0 Å². The number of nitrogens with one attached hydrogen (secondary N) is 1. The number of aromatic nitrogens is 1. The normalized spacial score (nSPS) is 12.8. The number of nitrogens with two attached hydrogens (primary N) is 1. The summed E-state index contributed by atoms with van der Waals surface area (Å²) in [5, 5.41) is 3.31. The number of hydrogen-bond acceptors (Lipinski definition) is 3. The zero-order valence-corrected chi connectivity index (χ0v) is 8.03. The highest BCUT2D eigenvalue weighted by Crippen LogP contribution is 1.93. The van der Waals surface area contributed by atoms with Crippen molar-refractivity contribution in [3.05, 3.63) is 30.1 Å². The molecule has 72 valence electrons. The highest BCUT2D eigenvalue weighted by Gasteiger charge is 1.97. The van der Waals surface area contributed by atoms with Crippen molar-refractivity contribution in [2.75, 3.05) is 13.1 Å². The summed E-state index contributed by atoms with van der Waals surface area (Å²) in [6.45, 7) is 4.64. The summed E-state index contributed by atoms with van der Waals surface area (Å²) >= 11 is 0. The lowest BCUT2D eigenvalue weighted by Gasteiger charge is -2.09. The van der Waals surface area contributed by atoms with E-state index in [9.17, 15) is 0 Å². The maximum Gasteiger partial charge on any atom is 0.0541 e. The van der Waals surface area contributed by atoms with Gasteiger partial charge in [-0.2, -0.15) is 0 Å². The van der Waals surface area contributed by atoms with Gasteiger partial charge in [0.25, 0.3) is 0 Å². The van der Waals surface area contributed by atoms with Crippen molar-refractivity contribution in [1.29, 1.82) is 0 Å². The topological polar surface area (TPSA) is 50.9 Å². The van der Waals surface area contributed by atoms with Gasteiger partial charge in [-0.05, 0) is 31.1 Å². The van der Waals surface area contributed by atoms with Crippen LogP contribution in [-0.2, 0) is 6.54 Å². The van der Waals surface area contributed by atoms with Gasteiger partial charge in [-0.15, -0.1) is 0 Å². The fraction of sp³-hybridized carbons (Fsp3) is 0.500. The van der Waals surface area contributed by atoms with E-state index in [0.29, 0.717) is 5.92 Å². The van der Waals surface area contributed by atoms with Gasteiger partial charge in [-0.3, -0.25) is 4.98 Å². The van der Waals surface area contributed by atoms with Crippen molar-refractivity contribution in [2.24, 2.45) is 11.7 Å². The van der Waals surface area contributed by atoms with Crippen LogP contribution in [0.15, 0.2) is 24.4 Å². The standard InChI is InChI=1S/C10H17N3/c1-9(6-11)7-12-8-10-4-2-3-5-13-10/h2-5,9,12H,6-8,11H2,1H3. The van der Waals surface area contributed by atoms with E-state index >= 15 is 0 Å². The van der Waals surface area contributed by atoms with Crippen LogP contribution in [0.1, 0.15) is 12.6 Å². The van der Waals surface area contributed by atoms with Crippen molar-refractivity contribution in [1.82, 2.24) is 10.3 Å². The van der Waals surface area contributed by atoms with Gasteiger partial charge in [0.15, 0.2) is 0 Å². The minimum atomic E-state index is 0.531. The van der Waals surface area contributed by atoms with Gasteiger partial charge in [0, 0.05) is 12.7 Å². The maximum atomic E-state index is 5.50. The molecule has 1 unspecified atom stereocenters. The first-order chi connectivity index (χ1) is 6.33. The van der Waals surface area contributed by atoms with Crippen LogP contribution in [0.4, 0.5) is 0 Å². The van der Waals surface area contributed by atoms with Crippen LogP contribution >= 0.6 is 0 Å². The Morgan fingerprint density at radius 3 is 3.00 bits per heavy atom. The van der Waals surface area contributed by atoms with Crippen molar-refractivity contribution >= 4 is 0 Å². The van der Waals surface area contributed by atoms with Crippen LogP contribution < -0.4 is 11.1 Å². The average molecular weight is 179 g/mol. The quantitative estimate of drug-likeness (QED) is 0.702. The number of rotatable bonds is 5. The molecule has 0 aliphatic rings. The zero-order valence-electron chi connectivity index (χ0n) is 8.03. The Bertz CT molecular complexity index is 223. The fourth-order valence-corrected chi connectivity index (χ4v) is 1.03. The molecule has 1 rings (SSSR count). The number of nitrogens with zero attached hydrogens (tertiary/aromatic N) is 1. The summed E-state index contributed by atoms with van der Waals surface area (Å²) in [6.07, 6.45) is 1.81. The second-order valence-corrected chi connectivity index (χ2v) is 3.29.